The fourth-order valence-corrected chi connectivity index (χ4v) is 3.32. The summed E-state index contributed by atoms with van der Waals surface area (Å²) in [4.78, 5) is 16.6. The minimum Gasteiger partial charge on any atom is -0.493 e. The van der Waals surface area contributed by atoms with Crippen LogP contribution in [0, 0.1) is 0 Å². The molecule has 7 nitrogen and oxygen atoms in total. The van der Waals surface area contributed by atoms with E-state index in [-0.39, 0.29) is 11.7 Å². The highest BCUT2D eigenvalue weighted by Gasteiger charge is 2.12. The summed E-state index contributed by atoms with van der Waals surface area (Å²) in [6.07, 6.45) is 1.52. The number of para-hydroxylation sites is 1. The topological polar surface area (TPSA) is 82.0 Å². The van der Waals surface area contributed by atoms with Crippen LogP contribution in [-0.2, 0) is 4.79 Å². The third kappa shape index (κ3) is 5.17. The van der Waals surface area contributed by atoms with Crippen LogP contribution in [0.2, 0.25) is 0 Å². The monoisotopic (exact) mass is 411 g/mol. The highest BCUT2D eigenvalue weighted by molar-refractivity contribution is 7.99. The van der Waals surface area contributed by atoms with Gasteiger partial charge in [-0.05, 0) is 24.3 Å². The number of amides is 1. The number of hydrazone groups is 1. The molecule has 0 spiro atoms. The van der Waals surface area contributed by atoms with E-state index < -0.39 is 0 Å². The van der Waals surface area contributed by atoms with E-state index in [4.69, 9.17) is 14.2 Å². The summed E-state index contributed by atoms with van der Waals surface area (Å²) in [5, 5.41) is 5.85. The zero-order valence-corrected chi connectivity index (χ0v) is 17.2. The zero-order valence-electron chi connectivity index (χ0n) is 16.3. The predicted octanol–water partition coefficient (Wildman–Crippen LogP) is 3.50. The number of fused-ring (bicyclic) bond motifs is 1. The second-order valence-electron chi connectivity index (χ2n) is 5.88. The van der Waals surface area contributed by atoms with E-state index in [1.165, 1.54) is 39.3 Å². The molecule has 0 aliphatic rings. The molecule has 0 fully saturated rings. The van der Waals surface area contributed by atoms with Crippen LogP contribution in [0.1, 0.15) is 5.56 Å². The second kappa shape index (κ2) is 9.79. The molecular formula is C21H21N3O4S. The molecule has 0 aliphatic heterocycles. The number of ether oxygens (including phenoxy) is 3. The second-order valence-corrected chi connectivity index (χ2v) is 6.88. The minimum atomic E-state index is -0.228. The highest BCUT2D eigenvalue weighted by atomic mass is 32.2. The third-order valence-corrected chi connectivity index (χ3v) is 4.94. The summed E-state index contributed by atoms with van der Waals surface area (Å²) < 4.78 is 15.9. The number of thioether (sulfide) groups is 1. The number of pyridine rings is 1. The van der Waals surface area contributed by atoms with Gasteiger partial charge in [0.25, 0.3) is 0 Å². The maximum Gasteiger partial charge on any atom is 0.250 e. The summed E-state index contributed by atoms with van der Waals surface area (Å²) in [7, 11) is 4.62. The van der Waals surface area contributed by atoms with Gasteiger partial charge in [-0.25, -0.2) is 10.4 Å². The Morgan fingerprint density at radius 2 is 1.79 bits per heavy atom. The van der Waals surface area contributed by atoms with Gasteiger partial charge in [-0.15, -0.1) is 0 Å². The molecule has 0 radical (unpaired) electrons. The van der Waals surface area contributed by atoms with Crippen molar-refractivity contribution in [2.75, 3.05) is 27.1 Å². The molecule has 1 amide bonds. The van der Waals surface area contributed by atoms with Gasteiger partial charge in [0, 0.05) is 10.9 Å². The Balaban J connectivity index is 1.59. The Morgan fingerprint density at radius 3 is 2.48 bits per heavy atom. The molecule has 3 aromatic rings. The first-order chi connectivity index (χ1) is 14.1. The number of hydrogen-bond donors (Lipinski definition) is 1. The van der Waals surface area contributed by atoms with E-state index in [1.807, 2.05) is 36.4 Å². The predicted molar refractivity (Wildman–Crippen MR) is 114 cm³/mol. The number of nitrogens with one attached hydrogen (secondary N) is 1. The van der Waals surface area contributed by atoms with E-state index in [1.54, 1.807) is 12.1 Å². The average molecular weight is 411 g/mol. The Labute approximate surface area is 173 Å². The summed E-state index contributed by atoms with van der Waals surface area (Å²) in [6, 6.07) is 15.2. The normalized spacial score (nSPS) is 10.9. The Morgan fingerprint density at radius 1 is 1.07 bits per heavy atom. The maximum atomic E-state index is 12.1. The van der Waals surface area contributed by atoms with Crippen LogP contribution in [0.15, 0.2) is 58.7 Å². The molecule has 0 bridgehead atoms. The standard InChI is InChI=1S/C21H21N3O4S/c1-26-17-10-14(11-18(27-2)21(17)28-3)12-22-24-19(25)13-29-20-9-8-15-6-4-5-7-16(15)23-20/h4-12H,13H2,1-3H3,(H,24,25)/b22-12-. The van der Waals surface area contributed by atoms with Crippen LogP contribution in [0.25, 0.3) is 10.9 Å². The molecule has 8 heteroatoms. The van der Waals surface area contributed by atoms with Crippen LogP contribution >= 0.6 is 11.8 Å². The van der Waals surface area contributed by atoms with Crippen molar-refractivity contribution in [3.05, 3.63) is 54.1 Å². The van der Waals surface area contributed by atoms with Crippen molar-refractivity contribution in [3.63, 3.8) is 0 Å². The van der Waals surface area contributed by atoms with Crippen molar-refractivity contribution >= 4 is 34.8 Å². The number of hydrogen-bond acceptors (Lipinski definition) is 7. The largest absolute Gasteiger partial charge is 0.493 e. The molecule has 29 heavy (non-hydrogen) atoms. The molecule has 0 saturated carbocycles. The quantitative estimate of drug-likeness (QED) is 0.347. The maximum absolute atomic E-state index is 12.1. The van der Waals surface area contributed by atoms with E-state index >= 15 is 0 Å². The van der Waals surface area contributed by atoms with Crippen molar-refractivity contribution in [2.24, 2.45) is 5.10 Å². The third-order valence-electron chi connectivity index (χ3n) is 4.01. The Hall–Kier alpha value is -3.26. The Bertz CT molecular complexity index is 1010. The zero-order chi connectivity index (χ0) is 20.6. The number of aromatic nitrogens is 1. The molecule has 0 saturated heterocycles. The van der Waals surface area contributed by atoms with Crippen LogP contribution in [0.4, 0.5) is 0 Å². The number of methoxy groups -OCH3 is 3. The highest BCUT2D eigenvalue weighted by Crippen LogP contribution is 2.37. The van der Waals surface area contributed by atoms with Gasteiger partial charge in [-0.3, -0.25) is 4.79 Å². The molecule has 150 valence electrons. The van der Waals surface area contributed by atoms with Gasteiger partial charge in [0.15, 0.2) is 11.5 Å². The van der Waals surface area contributed by atoms with Crippen LogP contribution in [0.5, 0.6) is 17.2 Å². The number of carbonyl (C=O) groups excluding carboxylic acids is 1. The molecule has 1 aromatic heterocycles. The number of nitrogens with zero attached hydrogens (tertiary/aromatic N) is 2. The van der Waals surface area contributed by atoms with E-state index in [2.05, 4.69) is 15.5 Å². The molecule has 0 aliphatic carbocycles. The van der Waals surface area contributed by atoms with Crippen molar-refractivity contribution < 1.29 is 19.0 Å². The molecule has 0 atom stereocenters. The number of rotatable bonds is 8. The van der Waals surface area contributed by atoms with Gasteiger partial charge in [-0.2, -0.15) is 5.10 Å². The van der Waals surface area contributed by atoms with E-state index in [0.29, 0.717) is 22.8 Å². The summed E-state index contributed by atoms with van der Waals surface area (Å²) in [5.74, 6) is 1.50. The molecule has 0 unspecified atom stereocenters. The molecular weight excluding hydrogens is 390 g/mol. The van der Waals surface area contributed by atoms with Crippen molar-refractivity contribution in [3.8, 4) is 17.2 Å². The van der Waals surface area contributed by atoms with Gasteiger partial charge in [0.2, 0.25) is 11.7 Å². The van der Waals surface area contributed by atoms with Crippen LogP contribution < -0.4 is 19.6 Å². The van der Waals surface area contributed by atoms with E-state index in [9.17, 15) is 4.79 Å². The number of carbonyl (C=O) groups is 1. The first kappa shape index (κ1) is 20.5. The fraction of sp³-hybridized carbons (Fsp3) is 0.190. The van der Waals surface area contributed by atoms with Gasteiger partial charge in [0.1, 0.15) is 0 Å². The minimum absolute atomic E-state index is 0.206. The van der Waals surface area contributed by atoms with Gasteiger partial charge >= 0.3 is 0 Å². The molecule has 3 rings (SSSR count). The van der Waals surface area contributed by atoms with Crippen LogP contribution in [0.3, 0.4) is 0 Å². The first-order valence-corrected chi connectivity index (χ1v) is 9.73. The van der Waals surface area contributed by atoms with Crippen LogP contribution in [-0.4, -0.2) is 44.2 Å². The lowest BCUT2D eigenvalue weighted by atomic mass is 10.2. The lowest BCUT2D eigenvalue weighted by molar-refractivity contribution is -0.118. The lowest BCUT2D eigenvalue weighted by Crippen LogP contribution is -2.19. The smallest absolute Gasteiger partial charge is 0.250 e. The summed E-state index contributed by atoms with van der Waals surface area (Å²) in [5.41, 5.74) is 4.11. The average Bonchev–Trinajstić information content (AvgIpc) is 2.76. The number of benzene rings is 2. The SMILES string of the molecule is COc1cc(/C=N\NC(=O)CSc2ccc3ccccc3n2)cc(OC)c1OC. The van der Waals surface area contributed by atoms with Crippen molar-refractivity contribution in [1.29, 1.82) is 0 Å². The summed E-state index contributed by atoms with van der Waals surface area (Å²) in [6.45, 7) is 0. The van der Waals surface area contributed by atoms with E-state index in [0.717, 1.165) is 15.9 Å². The Kier molecular flexibility index (Phi) is 6.91. The molecule has 2 aromatic carbocycles. The molecule has 1 N–H and O–H groups in total. The van der Waals surface area contributed by atoms with Gasteiger partial charge in [0.05, 0.1) is 43.8 Å². The van der Waals surface area contributed by atoms with Gasteiger partial charge < -0.3 is 14.2 Å². The molecule has 1 heterocycles. The van der Waals surface area contributed by atoms with Gasteiger partial charge in [-0.1, -0.05) is 36.0 Å². The lowest BCUT2D eigenvalue weighted by Gasteiger charge is -2.12. The van der Waals surface area contributed by atoms with Crippen molar-refractivity contribution in [2.45, 2.75) is 5.03 Å². The van der Waals surface area contributed by atoms with Crippen molar-refractivity contribution in [1.82, 2.24) is 10.4 Å². The fourth-order valence-electron chi connectivity index (χ4n) is 2.65. The first-order valence-electron chi connectivity index (χ1n) is 8.75. The summed E-state index contributed by atoms with van der Waals surface area (Å²) >= 11 is 1.35.